The van der Waals surface area contributed by atoms with Crippen molar-refractivity contribution < 1.29 is 43.2 Å². The molecule has 2 heterocycles. The summed E-state index contributed by atoms with van der Waals surface area (Å²) in [6.45, 7) is 4.59. The number of allylic oxidation sites excluding steroid dienone is 1. The number of carbonyl (C=O) groups excluding carboxylic acids is 2. The lowest BCUT2D eigenvalue weighted by Crippen LogP contribution is -2.40. The van der Waals surface area contributed by atoms with Gasteiger partial charge in [-0.2, -0.15) is 0 Å². The van der Waals surface area contributed by atoms with E-state index in [1.165, 1.54) is 17.7 Å². The van der Waals surface area contributed by atoms with E-state index in [-0.39, 0.29) is 41.9 Å². The molecule has 2 aromatic carbocycles. The summed E-state index contributed by atoms with van der Waals surface area (Å²) < 4.78 is 28.7. The summed E-state index contributed by atoms with van der Waals surface area (Å²) in [6, 6.07) is 7.14. The van der Waals surface area contributed by atoms with Crippen LogP contribution in [0.1, 0.15) is 37.9 Å². The molecule has 0 aliphatic carbocycles. The molecular weight excluding hydrogens is 696 g/mol. The van der Waals surface area contributed by atoms with Gasteiger partial charge in [-0.15, -0.1) is 0 Å². The first-order chi connectivity index (χ1) is 21.5. The maximum Gasteiger partial charge on any atom is 0.343 e. The summed E-state index contributed by atoms with van der Waals surface area (Å²) in [5, 5.41) is 9.07. The lowest BCUT2D eigenvalue weighted by molar-refractivity contribution is -0.143. The number of esters is 2. The van der Waals surface area contributed by atoms with Crippen LogP contribution in [0, 0.1) is 0 Å². The van der Waals surface area contributed by atoms with Crippen molar-refractivity contribution in [2.75, 3.05) is 33.5 Å². The number of hydrogen-bond donors (Lipinski definition) is 1. The van der Waals surface area contributed by atoms with E-state index in [2.05, 4.69) is 25.7 Å². The highest BCUT2D eigenvalue weighted by molar-refractivity contribution is 9.10. The number of aromatic nitrogens is 1. The summed E-state index contributed by atoms with van der Waals surface area (Å²) in [5.41, 5.74) is 1.16. The number of hydrogen-bond acceptors (Lipinski definition) is 11. The summed E-state index contributed by atoms with van der Waals surface area (Å²) in [6.07, 6.45) is 1.61. The largest absolute Gasteiger partial charge is 0.490 e. The minimum Gasteiger partial charge on any atom is -0.490 e. The first-order valence-corrected chi connectivity index (χ1v) is 15.5. The lowest BCUT2D eigenvalue weighted by Gasteiger charge is -2.25. The van der Waals surface area contributed by atoms with Crippen LogP contribution in [-0.2, 0) is 23.9 Å². The molecular formula is C30H28BrClN2O10S. The van der Waals surface area contributed by atoms with Crippen LogP contribution in [0.3, 0.4) is 0 Å². The Morgan fingerprint density at radius 3 is 2.49 bits per heavy atom. The summed E-state index contributed by atoms with van der Waals surface area (Å²) in [4.78, 5) is 54.8. The van der Waals surface area contributed by atoms with E-state index >= 15 is 0 Å². The second-order valence-corrected chi connectivity index (χ2v) is 11.6. The maximum absolute atomic E-state index is 14.0. The number of fused-ring (bicyclic) bond motifs is 1. The number of carbonyl (C=O) groups is 3. The number of carboxylic acids is 1. The predicted molar refractivity (Wildman–Crippen MR) is 168 cm³/mol. The molecule has 238 valence electrons. The van der Waals surface area contributed by atoms with Crippen LogP contribution < -0.4 is 29.1 Å². The normalized spacial score (nSPS) is 14.4. The topological polar surface area (TPSA) is 152 Å². The van der Waals surface area contributed by atoms with Crippen LogP contribution in [0.2, 0.25) is 5.02 Å². The van der Waals surface area contributed by atoms with E-state index in [0.717, 1.165) is 11.3 Å². The van der Waals surface area contributed by atoms with Crippen molar-refractivity contribution in [3.05, 3.63) is 81.9 Å². The predicted octanol–water partition coefficient (Wildman–Crippen LogP) is 3.63. The van der Waals surface area contributed by atoms with Gasteiger partial charge in [0.15, 0.2) is 35.3 Å². The molecule has 45 heavy (non-hydrogen) atoms. The first-order valence-electron chi connectivity index (χ1n) is 13.5. The van der Waals surface area contributed by atoms with E-state index < -0.39 is 36.1 Å². The van der Waals surface area contributed by atoms with Crippen molar-refractivity contribution in [1.82, 2.24) is 4.57 Å². The van der Waals surface area contributed by atoms with Crippen LogP contribution in [0.15, 0.2) is 55.9 Å². The van der Waals surface area contributed by atoms with Crippen molar-refractivity contribution in [3.63, 3.8) is 0 Å². The van der Waals surface area contributed by atoms with Gasteiger partial charge in [0, 0.05) is 0 Å². The number of methoxy groups -OCH3 is 1. The summed E-state index contributed by atoms with van der Waals surface area (Å²) in [5.74, 6) is -1.65. The molecule has 0 unspecified atom stereocenters. The number of rotatable bonds is 12. The Kier molecular flexibility index (Phi) is 11.1. The molecule has 0 spiro atoms. The molecule has 1 N–H and O–H groups in total. The van der Waals surface area contributed by atoms with E-state index in [1.54, 1.807) is 51.1 Å². The van der Waals surface area contributed by atoms with Gasteiger partial charge in [0.2, 0.25) is 0 Å². The van der Waals surface area contributed by atoms with Gasteiger partial charge >= 0.3 is 17.9 Å². The zero-order chi connectivity index (χ0) is 32.8. The van der Waals surface area contributed by atoms with Gasteiger partial charge in [-0.25, -0.2) is 19.4 Å². The van der Waals surface area contributed by atoms with Crippen LogP contribution in [0.4, 0.5) is 0 Å². The lowest BCUT2D eigenvalue weighted by atomic mass is 9.95. The molecule has 0 bridgehead atoms. The van der Waals surface area contributed by atoms with Gasteiger partial charge in [-0.05, 0) is 78.2 Å². The molecule has 1 aromatic heterocycles. The van der Waals surface area contributed by atoms with Gasteiger partial charge in [-0.1, -0.05) is 29.0 Å². The Balaban J connectivity index is 1.87. The first kappa shape index (κ1) is 33.7. The minimum atomic E-state index is -1.16. The molecule has 1 aliphatic heterocycles. The molecule has 1 aliphatic rings. The zero-order valence-electron chi connectivity index (χ0n) is 24.5. The molecule has 0 radical (unpaired) electrons. The number of carboxylic acid groups (broad SMARTS) is 1. The van der Waals surface area contributed by atoms with E-state index in [4.69, 9.17) is 35.7 Å². The van der Waals surface area contributed by atoms with Crippen molar-refractivity contribution in [1.29, 1.82) is 0 Å². The zero-order valence-corrected chi connectivity index (χ0v) is 27.7. The van der Waals surface area contributed by atoms with Crippen molar-refractivity contribution in [3.8, 4) is 17.2 Å². The summed E-state index contributed by atoms with van der Waals surface area (Å²) in [7, 11) is 1.25. The highest BCUT2D eigenvalue weighted by atomic mass is 79.9. The molecule has 3 aromatic rings. The monoisotopic (exact) mass is 722 g/mol. The molecule has 15 heteroatoms. The van der Waals surface area contributed by atoms with Gasteiger partial charge < -0.3 is 28.8 Å². The number of thiazole rings is 1. The van der Waals surface area contributed by atoms with Gasteiger partial charge in [0.05, 0.1) is 51.7 Å². The maximum atomic E-state index is 14.0. The second kappa shape index (κ2) is 14.8. The number of aliphatic carboxylic acids is 1. The number of halogens is 2. The average molecular weight is 724 g/mol. The number of benzene rings is 2. The second-order valence-electron chi connectivity index (χ2n) is 9.30. The Morgan fingerprint density at radius 2 is 1.84 bits per heavy atom. The summed E-state index contributed by atoms with van der Waals surface area (Å²) >= 11 is 10.8. The standard InChI is InChI=1S/C30H28BrClN2O10S/c1-5-41-21-12-17(7-8-20(21)43-14-24(37)40-4)26-25(29(39)42-6-2)15(3)33-30-34(26)28(38)22(45-30)11-16-9-18(31)27(19(32)10-16)44-13-23(35)36/h7-12,26H,5-6,13-14H2,1-4H3,(H,35,36)/b22-11-/t26-/m1/s1. The third-order valence-corrected chi connectivity index (χ3v) is 8.18. The van der Waals surface area contributed by atoms with Crippen LogP contribution in [-0.4, -0.2) is 61.1 Å². The van der Waals surface area contributed by atoms with Gasteiger partial charge in [0.25, 0.3) is 5.56 Å². The Bertz CT molecular complexity index is 1840. The Morgan fingerprint density at radius 1 is 1.09 bits per heavy atom. The van der Waals surface area contributed by atoms with Crippen molar-refractivity contribution in [2.24, 2.45) is 4.99 Å². The molecule has 0 fully saturated rings. The van der Waals surface area contributed by atoms with E-state index in [1.807, 2.05) is 0 Å². The smallest absolute Gasteiger partial charge is 0.343 e. The highest BCUT2D eigenvalue weighted by Gasteiger charge is 2.34. The Labute approximate surface area is 274 Å². The molecule has 0 amide bonds. The van der Waals surface area contributed by atoms with E-state index in [0.29, 0.717) is 36.4 Å². The van der Waals surface area contributed by atoms with Gasteiger partial charge in [0.1, 0.15) is 0 Å². The number of nitrogens with zero attached hydrogens (tertiary/aromatic N) is 2. The van der Waals surface area contributed by atoms with Crippen LogP contribution >= 0.6 is 38.9 Å². The third kappa shape index (κ3) is 7.57. The molecule has 12 nitrogen and oxygen atoms in total. The van der Waals surface area contributed by atoms with Crippen LogP contribution in [0.25, 0.3) is 6.08 Å². The SMILES string of the molecule is CCOC(=O)C1=C(C)N=c2s/c(=C\c3cc(Cl)c(OCC(=O)O)c(Br)c3)c(=O)n2[C@@H]1c1ccc(OCC(=O)OC)c(OCC)c1. The number of ether oxygens (including phenoxy) is 5. The van der Waals surface area contributed by atoms with Crippen LogP contribution in [0.5, 0.6) is 17.2 Å². The average Bonchev–Trinajstić information content (AvgIpc) is 3.28. The molecule has 0 saturated heterocycles. The van der Waals surface area contributed by atoms with E-state index in [9.17, 15) is 19.2 Å². The molecule has 0 saturated carbocycles. The highest BCUT2D eigenvalue weighted by Crippen LogP contribution is 2.37. The third-order valence-electron chi connectivity index (χ3n) is 6.33. The van der Waals surface area contributed by atoms with Crippen molar-refractivity contribution in [2.45, 2.75) is 26.8 Å². The Hall–Kier alpha value is -4.14. The minimum absolute atomic E-state index is 0.110. The van der Waals surface area contributed by atoms with Gasteiger partial charge in [-0.3, -0.25) is 9.36 Å². The molecule has 1 atom stereocenters. The molecule has 4 rings (SSSR count). The fourth-order valence-electron chi connectivity index (χ4n) is 4.47. The quantitative estimate of drug-likeness (QED) is 0.275. The fourth-order valence-corrected chi connectivity index (χ4v) is 6.51. The fraction of sp³-hybridized carbons (Fsp3) is 0.300. The van der Waals surface area contributed by atoms with Crippen molar-refractivity contribution >= 4 is 62.9 Å².